The summed E-state index contributed by atoms with van der Waals surface area (Å²) in [6.45, 7) is 0.243. The molecular formula is C16H13Cl2NO3. The first-order chi connectivity index (χ1) is 10.6. The summed E-state index contributed by atoms with van der Waals surface area (Å²) in [5.74, 6) is -0.378. The Morgan fingerprint density at radius 1 is 1.18 bits per heavy atom. The van der Waals surface area contributed by atoms with Crippen molar-refractivity contribution in [2.75, 3.05) is 7.11 Å². The zero-order valence-electron chi connectivity index (χ0n) is 11.8. The Kier molecular flexibility index (Phi) is 5.81. The lowest BCUT2D eigenvalue weighted by atomic mass is 10.1. The molecule has 0 amide bonds. The maximum absolute atomic E-state index is 11.3. The van der Waals surface area contributed by atoms with Crippen LogP contribution in [0.4, 0.5) is 0 Å². The van der Waals surface area contributed by atoms with Gasteiger partial charge in [0, 0.05) is 15.6 Å². The average molecular weight is 338 g/mol. The smallest absolute Gasteiger partial charge is 0.337 e. The second-order valence-electron chi connectivity index (χ2n) is 4.36. The summed E-state index contributed by atoms with van der Waals surface area (Å²) in [6, 6.07) is 12.0. The molecule has 0 aromatic heterocycles. The van der Waals surface area contributed by atoms with E-state index < -0.39 is 0 Å². The number of nitrogens with zero attached hydrogens (tertiary/aromatic N) is 1. The summed E-state index contributed by atoms with van der Waals surface area (Å²) in [6.07, 6.45) is 1.55. The molecule has 4 nitrogen and oxygen atoms in total. The normalized spacial score (nSPS) is 10.7. The van der Waals surface area contributed by atoms with E-state index in [9.17, 15) is 4.79 Å². The van der Waals surface area contributed by atoms with Gasteiger partial charge in [0.05, 0.1) is 18.9 Å². The Hall–Kier alpha value is -2.04. The predicted molar refractivity (Wildman–Crippen MR) is 86.6 cm³/mol. The van der Waals surface area contributed by atoms with Gasteiger partial charge in [-0.05, 0) is 29.8 Å². The molecule has 0 heterocycles. The highest BCUT2D eigenvalue weighted by atomic mass is 35.5. The number of carbonyl (C=O) groups excluding carboxylic acids is 1. The molecule has 2 aromatic carbocycles. The molecule has 0 spiro atoms. The number of halogens is 2. The Morgan fingerprint density at radius 3 is 2.55 bits per heavy atom. The van der Waals surface area contributed by atoms with Crippen LogP contribution in [0.15, 0.2) is 47.6 Å². The van der Waals surface area contributed by atoms with Crippen molar-refractivity contribution in [3.8, 4) is 0 Å². The molecule has 0 aliphatic carbocycles. The van der Waals surface area contributed by atoms with Crippen LogP contribution in [0.2, 0.25) is 10.0 Å². The lowest BCUT2D eigenvalue weighted by Gasteiger charge is -2.03. The van der Waals surface area contributed by atoms with Gasteiger partial charge >= 0.3 is 5.97 Å². The number of carbonyl (C=O) groups is 1. The molecule has 0 saturated heterocycles. The second kappa shape index (κ2) is 7.82. The van der Waals surface area contributed by atoms with Crippen LogP contribution in [0.25, 0.3) is 0 Å². The Balaban J connectivity index is 1.91. The fraction of sp³-hybridized carbons (Fsp3) is 0.125. The van der Waals surface area contributed by atoms with Crippen LogP contribution in [0.5, 0.6) is 0 Å². The van der Waals surface area contributed by atoms with Crippen molar-refractivity contribution in [2.24, 2.45) is 5.16 Å². The highest BCUT2D eigenvalue weighted by Crippen LogP contribution is 2.21. The van der Waals surface area contributed by atoms with E-state index in [4.69, 9.17) is 28.0 Å². The largest absolute Gasteiger partial charge is 0.465 e. The molecule has 0 atom stereocenters. The molecule has 0 N–H and O–H groups in total. The van der Waals surface area contributed by atoms with Crippen LogP contribution in [-0.2, 0) is 16.2 Å². The van der Waals surface area contributed by atoms with E-state index in [1.165, 1.54) is 7.11 Å². The van der Waals surface area contributed by atoms with Crippen LogP contribution < -0.4 is 0 Å². The first-order valence-corrected chi connectivity index (χ1v) is 7.13. The van der Waals surface area contributed by atoms with Gasteiger partial charge in [-0.1, -0.05) is 46.6 Å². The van der Waals surface area contributed by atoms with E-state index in [0.717, 1.165) is 11.1 Å². The van der Waals surface area contributed by atoms with Crippen LogP contribution in [-0.4, -0.2) is 19.3 Å². The van der Waals surface area contributed by atoms with E-state index >= 15 is 0 Å². The molecule has 0 bridgehead atoms. The number of hydrogen-bond acceptors (Lipinski definition) is 4. The number of hydrogen-bond donors (Lipinski definition) is 0. The van der Waals surface area contributed by atoms with Crippen LogP contribution >= 0.6 is 23.2 Å². The molecule has 114 valence electrons. The van der Waals surface area contributed by atoms with Crippen LogP contribution in [0, 0.1) is 0 Å². The summed E-state index contributed by atoms with van der Waals surface area (Å²) >= 11 is 11.8. The SMILES string of the molecule is COC(=O)c1ccc(/C=N/OCc2ccc(Cl)cc2Cl)cc1. The van der Waals surface area contributed by atoms with Gasteiger partial charge in [-0.15, -0.1) is 0 Å². The Bertz CT molecular complexity index is 684. The summed E-state index contributed by atoms with van der Waals surface area (Å²) in [4.78, 5) is 16.5. The average Bonchev–Trinajstić information content (AvgIpc) is 2.53. The monoisotopic (exact) mass is 337 g/mol. The van der Waals surface area contributed by atoms with Crippen molar-refractivity contribution in [3.05, 3.63) is 69.2 Å². The fourth-order valence-electron chi connectivity index (χ4n) is 1.67. The molecule has 0 radical (unpaired) electrons. The van der Waals surface area contributed by atoms with Gasteiger partial charge in [0.15, 0.2) is 0 Å². The maximum atomic E-state index is 11.3. The van der Waals surface area contributed by atoms with Crippen LogP contribution in [0.3, 0.4) is 0 Å². The molecule has 2 rings (SSSR count). The predicted octanol–water partition coefficient (Wildman–Crippen LogP) is 4.33. The summed E-state index contributed by atoms with van der Waals surface area (Å²) < 4.78 is 4.62. The van der Waals surface area contributed by atoms with Gasteiger partial charge in [0.1, 0.15) is 6.61 Å². The lowest BCUT2D eigenvalue weighted by Crippen LogP contribution is -2.00. The molecule has 0 fully saturated rings. The number of methoxy groups -OCH3 is 1. The topological polar surface area (TPSA) is 47.9 Å². The van der Waals surface area contributed by atoms with Crippen LogP contribution in [0.1, 0.15) is 21.5 Å². The number of esters is 1. The Labute approximate surface area is 138 Å². The number of rotatable bonds is 5. The van der Waals surface area contributed by atoms with Crippen molar-refractivity contribution in [1.29, 1.82) is 0 Å². The minimum Gasteiger partial charge on any atom is -0.465 e. The fourth-order valence-corrected chi connectivity index (χ4v) is 2.13. The highest BCUT2D eigenvalue weighted by molar-refractivity contribution is 6.35. The van der Waals surface area contributed by atoms with Crippen molar-refractivity contribution in [3.63, 3.8) is 0 Å². The van der Waals surface area contributed by atoms with E-state index in [1.54, 1.807) is 48.7 Å². The first kappa shape index (κ1) is 16.3. The third kappa shape index (κ3) is 4.48. The van der Waals surface area contributed by atoms with Crippen molar-refractivity contribution in [1.82, 2.24) is 0 Å². The van der Waals surface area contributed by atoms with Gasteiger partial charge in [0.2, 0.25) is 0 Å². The molecule has 22 heavy (non-hydrogen) atoms. The van der Waals surface area contributed by atoms with Gasteiger partial charge in [-0.3, -0.25) is 0 Å². The molecule has 0 saturated carbocycles. The third-order valence-corrected chi connectivity index (χ3v) is 3.43. The van der Waals surface area contributed by atoms with E-state index in [1.807, 2.05) is 0 Å². The van der Waals surface area contributed by atoms with Gasteiger partial charge in [0.25, 0.3) is 0 Å². The second-order valence-corrected chi connectivity index (χ2v) is 5.20. The molecular weight excluding hydrogens is 325 g/mol. The van der Waals surface area contributed by atoms with Crippen molar-refractivity contribution >= 4 is 35.4 Å². The minimum atomic E-state index is -0.378. The molecule has 0 aliphatic rings. The van der Waals surface area contributed by atoms with Crippen molar-refractivity contribution in [2.45, 2.75) is 6.61 Å². The first-order valence-electron chi connectivity index (χ1n) is 6.38. The molecule has 2 aromatic rings. The van der Waals surface area contributed by atoms with Gasteiger partial charge in [-0.2, -0.15) is 0 Å². The standard InChI is InChI=1S/C16H13Cl2NO3/c1-21-16(20)12-4-2-11(3-5-12)9-19-22-10-13-6-7-14(17)8-15(13)18/h2-9H,10H2,1H3/b19-9+. The minimum absolute atomic E-state index is 0.243. The number of oxime groups is 1. The Morgan fingerprint density at radius 2 is 1.91 bits per heavy atom. The molecule has 0 unspecified atom stereocenters. The summed E-state index contributed by atoms with van der Waals surface area (Å²) in [5, 5.41) is 4.97. The number of ether oxygens (including phenoxy) is 1. The van der Waals surface area contributed by atoms with E-state index in [-0.39, 0.29) is 12.6 Å². The van der Waals surface area contributed by atoms with E-state index in [0.29, 0.717) is 15.6 Å². The zero-order valence-corrected chi connectivity index (χ0v) is 13.3. The van der Waals surface area contributed by atoms with E-state index in [2.05, 4.69) is 9.89 Å². The summed E-state index contributed by atoms with van der Waals surface area (Å²) in [5.41, 5.74) is 2.08. The molecule has 0 aliphatic heterocycles. The number of benzene rings is 2. The third-order valence-electron chi connectivity index (χ3n) is 2.84. The van der Waals surface area contributed by atoms with Gasteiger partial charge in [-0.25, -0.2) is 4.79 Å². The lowest BCUT2D eigenvalue weighted by molar-refractivity contribution is 0.0601. The highest BCUT2D eigenvalue weighted by Gasteiger charge is 2.03. The summed E-state index contributed by atoms with van der Waals surface area (Å²) in [7, 11) is 1.34. The maximum Gasteiger partial charge on any atom is 0.337 e. The van der Waals surface area contributed by atoms with Gasteiger partial charge < -0.3 is 9.57 Å². The quantitative estimate of drug-likeness (QED) is 0.463. The zero-order chi connectivity index (χ0) is 15.9. The van der Waals surface area contributed by atoms with Crippen molar-refractivity contribution < 1.29 is 14.4 Å². The molecule has 6 heteroatoms.